The lowest BCUT2D eigenvalue weighted by Crippen LogP contribution is -2.45. The van der Waals surface area contributed by atoms with Crippen LogP contribution in [0.2, 0.25) is 0 Å². The molecule has 0 bridgehead atoms. The number of nitrogens with one attached hydrogen (secondary N) is 1. The van der Waals surface area contributed by atoms with Crippen LogP contribution in [0.1, 0.15) is 35.9 Å². The van der Waals surface area contributed by atoms with Gasteiger partial charge in [0.2, 0.25) is 5.75 Å². The summed E-state index contributed by atoms with van der Waals surface area (Å²) in [6.07, 6.45) is -4.80. The van der Waals surface area contributed by atoms with Gasteiger partial charge in [-0.2, -0.15) is 13.2 Å². The summed E-state index contributed by atoms with van der Waals surface area (Å²) in [6.45, 7) is 0. The Morgan fingerprint density at radius 3 is 2.10 bits per heavy atom. The number of para-hydroxylation sites is 2. The number of hydrogen-bond acceptors (Lipinski definition) is 6. The van der Waals surface area contributed by atoms with Crippen LogP contribution in [0.15, 0.2) is 78.0 Å². The molecule has 0 fully saturated rings. The predicted molar refractivity (Wildman–Crippen MR) is 143 cm³/mol. The number of nitrogens with zero attached hydrogens (tertiary/aromatic N) is 1. The number of methoxy groups -OCH3 is 3. The molecule has 7 nitrogen and oxygen atoms in total. The fraction of sp³-hybridized carbons (Fsp3) is 0.267. The number of allylic oxidation sites excluding steroid dienone is 1. The van der Waals surface area contributed by atoms with Crippen molar-refractivity contribution in [3.63, 3.8) is 0 Å². The lowest BCUT2D eigenvalue weighted by molar-refractivity contribution is -0.170. The molecule has 0 unspecified atom stereocenters. The highest BCUT2D eigenvalue weighted by atomic mass is 19.4. The Balaban J connectivity index is 1.80. The second-order valence-electron chi connectivity index (χ2n) is 9.51. The molecule has 1 heterocycles. The van der Waals surface area contributed by atoms with Gasteiger partial charge in [0.05, 0.1) is 38.7 Å². The molecule has 1 N–H and O–H groups in total. The minimum absolute atomic E-state index is 0.0120. The van der Waals surface area contributed by atoms with Crippen molar-refractivity contribution in [3.05, 3.63) is 89.1 Å². The molecule has 0 saturated carbocycles. The van der Waals surface area contributed by atoms with Crippen molar-refractivity contribution in [2.24, 2.45) is 0 Å². The van der Waals surface area contributed by atoms with Gasteiger partial charge in [-0.1, -0.05) is 42.5 Å². The van der Waals surface area contributed by atoms with Gasteiger partial charge in [-0.05, 0) is 47.7 Å². The average Bonchev–Trinajstić information content (AvgIpc) is 3.10. The van der Waals surface area contributed by atoms with E-state index in [2.05, 4.69) is 5.32 Å². The average molecular weight is 553 g/mol. The molecular weight excluding hydrogens is 525 g/mol. The van der Waals surface area contributed by atoms with E-state index in [0.717, 1.165) is 5.56 Å². The zero-order valence-corrected chi connectivity index (χ0v) is 22.0. The van der Waals surface area contributed by atoms with Crippen molar-refractivity contribution in [2.75, 3.05) is 31.5 Å². The van der Waals surface area contributed by atoms with Crippen LogP contribution in [-0.2, 0) is 9.59 Å². The monoisotopic (exact) mass is 552 g/mol. The molecule has 10 heteroatoms. The third-order valence-corrected chi connectivity index (χ3v) is 7.22. The fourth-order valence-electron chi connectivity index (χ4n) is 5.49. The number of carbonyl (C=O) groups excluding carboxylic acids is 2. The van der Waals surface area contributed by atoms with E-state index in [-0.39, 0.29) is 57.9 Å². The van der Waals surface area contributed by atoms with Crippen molar-refractivity contribution < 1.29 is 37.0 Å². The molecule has 1 amide bonds. The van der Waals surface area contributed by atoms with Crippen LogP contribution < -0.4 is 24.4 Å². The maximum atomic E-state index is 14.2. The van der Waals surface area contributed by atoms with E-state index in [0.29, 0.717) is 17.0 Å². The molecule has 0 radical (unpaired) electrons. The summed E-state index contributed by atoms with van der Waals surface area (Å²) >= 11 is 0. The third kappa shape index (κ3) is 4.74. The second-order valence-corrected chi connectivity index (χ2v) is 9.51. The van der Waals surface area contributed by atoms with Crippen molar-refractivity contribution in [1.29, 1.82) is 0 Å². The number of ketones is 1. The molecular formula is C30H27F3N2O5. The van der Waals surface area contributed by atoms with Crippen molar-refractivity contribution in [3.8, 4) is 17.2 Å². The molecule has 2 atom stereocenters. The Morgan fingerprint density at radius 1 is 0.875 bits per heavy atom. The molecule has 208 valence electrons. The molecule has 2 aliphatic rings. The molecule has 1 aliphatic heterocycles. The molecule has 0 spiro atoms. The predicted octanol–water partition coefficient (Wildman–Crippen LogP) is 6.18. The summed E-state index contributed by atoms with van der Waals surface area (Å²) in [5, 5.41) is 3.22. The maximum absolute atomic E-state index is 14.2. The molecule has 5 rings (SSSR count). The lowest BCUT2D eigenvalue weighted by atomic mass is 9.78. The molecule has 0 aromatic heterocycles. The lowest BCUT2D eigenvalue weighted by Gasteiger charge is -2.35. The minimum atomic E-state index is -5.22. The summed E-state index contributed by atoms with van der Waals surface area (Å²) in [5.41, 5.74) is 1.94. The van der Waals surface area contributed by atoms with Gasteiger partial charge in [0.15, 0.2) is 17.3 Å². The van der Waals surface area contributed by atoms with Gasteiger partial charge in [0.25, 0.3) is 0 Å². The van der Waals surface area contributed by atoms with Gasteiger partial charge in [-0.15, -0.1) is 0 Å². The van der Waals surface area contributed by atoms with Crippen LogP contribution >= 0.6 is 0 Å². The largest absolute Gasteiger partial charge is 0.493 e. The first-order valence-corrected chi connectivity index (χ1v) is 12.6. The van der Waals surface area contributed by atoms with Crippen LogP contribution in [0.4, 0.5) is 24.5 Å². The van der Waals surface area contributed by atoms with Crippen molar-refractivity contribution in [1.82, 2.24) is 0 Å². The first-order valence-electron chi connectivity index (χ1n) is 12.6. The van der Waals surface area contributed by atoms with E-state index in [1.54, 1.807) is 18.2 Å². The number of amides is 1. The number of fused-ring (bicyclic) bond motifs is 1. The zero-order valence-electron chi connectivity index (χ0n) is 22.0. The molecule has 0 saturated heterocycles. The summed E-state index contributed by atoms with van der Waals surface area (Å²) < 4.78 is 58.9. The standard InChI is InChI=1S/C30H27F3N2O5/c1-38-24-15-19(16-25(39-2)28(24)40-3)27-26-21(13-18(14-23(26)36)17-9-5-4-6-10-17)34-20-11-7-8-12-22(20)35(27)29(37)30(31,32)33/h4-12,15-16,18,27,34H,13-14H2,1-3H3/t18-,27+/m1/s1. The Hall–Kier alpha value is -4.47. The fourth-order valence-corrected chi connectivity index (χ4v) is 5.49. The topological polar surface area (TPSA) is 77.1 Å². The van der Waals surface area contributed by atoms with Crippen molar-refractivity contribution in [2.45, 2.75) is 31.0 Å². The number of ether oxygens (including phenoxy) is 3. The van der Waals surface area contributed by atoms with E-state index >= 15 is 0 Å². The number of Topliss-reactive ketones (excluding diaryl/α,β-unsaturated/α-hetero) is 1. The Bertz CT molecular complexity index is 1460. The van der Waals surface area contributed by atoms with E-state index < -0.39 is 18.1 Å². The zero-order chi connectivity index (χ0) is 28.6. The first-order chi connectivity index (χ1) is 19.2. The maximum Gasteiger partial charge on any atom is 0.471 e. The van der Waals surface area contributed by atoms with Gasteiger partial charge in [-0.3, -0.25) is 14.5 Å². The van der Waals surface area contributed by atoms with Crippen LogP contribution in [-0.4, -0.2) is 39.2 Å². The number of alkyl halides is 3. The van der Waals surface area contributed by atoms with E-state index in [1.807, 2.05) is 30.3 Å². The molecule has 3 aromatic carbocycles. The van der Waals surface area contributed by atoms with Crippen LogP contribution in [0.25, 0.3) is 0 Å². The van der Waals surface area contributed by atoms with Gasteiger partial charge < -0.3 is 19.5 Å². The molecule has 3 aromatic rings. The first kappa shape index (κ1) is 27.1. The summed E-state index contributed by atoms with van der Waals surface area (Å²) in [7, 11) is 4.16. The summed E-state index contributed by atoms with van der Waals surface area (Å²) in [4.78, 5) is 27.8. The van der Waals surface area contributed by atoms with Gasteiger partial charge in [-0.25, -0.2) is 0 Å². The quantitative estimate of drug-likeness (QED) is 0.408. The Morgan fingerprint density at radius 2 is 1.50 bits per heavy atom. The van der Waals surface area contributed by atoms with Gasteiger partial charge >= 0.3 is 12.1 Å². The van der Waals surface area contributed by atoms with E-state index in [9.17, 15) is 22.8 Å². The Labute approximate surface area is 229 Å². The summed E-state index contributed by atoms with van der Waals surface area (Å²) in [5.74, 6) is -2.09. The van der Waals surface area contributed by atoms with Gasteiger partial charge in [0.1, 0.15) is 0 Å². The third-order valence-electron chi connectivity index (χ3n) is 7.22. The highest BCUT2D eigenvalue weighted by Gasteiger charge is 2.50. The number of anilines is 2. The van der Waals surface area contributed by atoms with E-state index in [1.165, 1.54) is 39.5 Å². The van der Waals surface area contributed by atoms with Crippen LogP contribution in [0, 0.1) is 0 Å². The molecule has 1 aliphatic carbocycles. The number of hydrogen-bond donors (Lipinski definition) is 1. The number of benzene rings is 3. The number of carbonyl (C=O) groups is 2. The highest BCUT2D eigenvalue weighted by Crippen LogP contribution is 2.50. The smallest absolute Gasteiger partial charge is 0.471 e. The van der Waals surface area contributed by atoms with Crippen LogP contribution in [0.5, 0.6) is 17.2 Å². The van der Waals surface area contributed by atoms with Crippen LogP contribution in [0.3, 0.4) is 0 Å². The minimum Gasteiger partial charge on any atom is -0.493 e. The second kappa shape index (κ2) is 10.6. The Kier molecular flexibility index (Phi) is 7.18. The summed E-state index contributed by atoms with van der Waals surface area (Å²) in [6, 6.07) is 17.2. The number of rotatable bonds is 5. The van der Waals surface area contributed by atoms with E-state index in [4.69, 9.17) is 14.2 Å². The normalized spacial score (nSPS) is 18.8. The van der Waals surface area contributed by atoms with Gasteiger partial charge in [0, 0.05) is 17.7 Å². The highest BCUT2D eigenvalue weighted by molar-refractivity contribution is 6.07. The molecule has 40 heavy (non-hydrogen) atoms. The number of halogens is 3. The SMILES string of the molecule is COc1cc([C@H]2C3=C(C[C@@H](c4ccccc4)CC3=O)Nc3ccccc3N2C(=O)C(F)(F)F)cc(OC)c1OC. The van der Waals surface area contributed by atoms with Crippen molar-refractivity contribution >= 4 is 23.1 Å².